The van der Waals surface area contributed by atoms with E-state index in [1.54, 1.807) is 7.11 Å². The van der Waals surface area contributed by atoms with E-state index in [1.807, 2.05) is 0 Å². The van der Waals surface area contributed by atoms with Crippen LogP contribution in [0.2, 0.25) is 0 Å². The van der Waals surface area contributed by atoms with Crippen LogP contribution in [0.1, 0.15) is 32.1 Å². The summed E-state index contributed by atoms with van der Waals surface area (Å²) >= 11 is 0. The van der Waals surface area contributed by atoms with Crippen molar-refractivity contribution in [3.8, 4) is 0 Å². The highest BCUT2D eigenvalue weighted by Crippen LogP contribution is 2.34. The SMILES string of the molecule is COCC[C@@]1(C(=O)O)CCCN(CC2CCOCC2)C1. The highest BCUT2D eigenvalue weighted by molar-refractivity contribution is 5.75. The molecule has 2 aliphatic heterocycles. The zero-order valence-electron chi connectivity index (χ0n) is 12.5. The Morgan fingerprint density at radius 3 is 2.85 bits per heavy atom. The Hall–Kier alpha value is -0.650. The number of piperidine rings is 1. The molecule has 116 valence electrons. The molecule has 0 aliphatic carbocycles. The minimum absolute atomic E-state index is 0.525. The van der Waals surface area contributed by atoms with Gasteiger partial charge in [-0.2, -0.15) is 0 Å². The second-order valence-electron chi connectivity index (χ2n) is 6.22. The van der Waals surface area contributed by atoms with Gasteiger partial charge in [-0.25, -0.2) is 0 Å². The molecule has 2 fully saturated rings. The lowest BCUT2D eigenvalue weighted by molar-refractivity contribution is -0.154. The van der Waals surface area contributed by atoms with Crippen molar-refractivity contribution >= 4 is 5.97 Å². The molecule has 2 saturated heterocycles. The Labute approximate surface area is 121 Å². The van der Waals surface area contributed by atoms with Crippen LogP contribution in [-0.2, 0) is 14.3 Å². The number of rotatable bonds is 6. The molecule has 0 radical (unpaired) electrons. The fourth-order valence-corrected chi connectivity index (χ4v) is 3.46. The molecule has 5 heteroatoms. The van der Waals surface area contributed by atoms with Crippen molar-refractivity contribution in [3.05, 3.63) is 0 Å². The number of carboxylic acids is 1. The van der Waals surface area contributed by atoms with Gasteiger partial charge in [-0.3, -0.25) is 4.79 Å². The first-order valence-corrected chi connectivity index (χ1v) is 7.69. The first kappa shape index (κ1) is 15.7. The Morgan fingerprint density at radius 1 is 1.45 bits per heavy atom. The topological polar surface area (TPSA) is 59.0 Å². The fourth-order valence-electron chi connectivity index (χ4n) is 3.46. The molecule has 0 aromatic rings. The van der Waals surface area contributed by atoms with Gasteiger partial charge in [-0.15, -0.1) is 0 Å². The van der Waals surface area contributed by atoms with Crippen LogP contribution in [0.4, 0.5) is 0 Å². The lowest BCUT2D eigenvalue weighted by Crippen LogP contribution is -2.49. The van der Waals surface area contributed by atoms with Crippen molar-refractivity contribution in [3.63, 3.8) is 0 Å². The summed E-state index contributed by atoms with van der Waals surface area (Å²) in [6, 6.07) is 0. The van der Waals surface area contributed by atoms with Gasteiger partial charge in [0.1, 0.15) is 0 Å². The molecule has 0 aromatic carbocycles. The molecular weight excluding hydrogens is 258 g/mol. The van der Waals surface area contributed by atoms with E-state index < -0.39 is 11.4 Å². The van der Waals surface area contributed by atoms with Crippen molar-refractivity contribution < 1.29 is 19.4 Å². The molecule has 1 atom stereocenters. The average molecular weight is 285 g/mol. The Balaban J connectivity index is 1.92. The Morgan fingerprint density at radius 2 is 2.20 bits per heavy atom. The van der Waals surface area contributed by atoms with Gasteiger partial charge in [0.25, 0.3) is 0 Å². The van der Waals surface area contributed by atoms with Crippen molar-refractivity contribution in [1.82, 2.24) is 4.90 Å². The summed E-state index contributed by atoms with van der Waals surface area (Å²) < 4.78 is 10.5. The van der Waals surface area contributed by atoms with Gasteiger partial charge in [-0.05, 0) is 44.6 Å². The second-order valence-corrected chi connectivity index (χ2v) is 6.22. The number of carbonyl (C=O) groups is 1. The van der Waals surface area contributed by atoms with Crippen molar-refractivity contribution in [2.75, 3.05) is 46.6 Å². The van der Waals surface area contributed by atoms with Gasteiger partial charge >= 0.3 is 5.97 Å². The molecule has 5 nitrogen and oxygen atoms in total. The van der Waals surface area contributed by atoms with Crippen LogP contribution in [0.5, 0.6) is 0 Å². The van der Waals surface area contributed by atoms with E-state index in [-0.39, 0.29) is 0 Å². The maximum absolute atomic E-state index is 11.7. The molecule has 0 amide bonds. The van der Waals surface area contributed by atoms with Crippen LogP contribution in [0.25, 0.3) is 0 Å². The Kier molecular flexibility index (Phi) is 5.81. The average Bonchev–Trinajstić information content (AvgIpc) is 2.46. The maximum atomic E-state index is 11.7. The predicted molar refractivity (Wildman–Crippen MR) is 75.8 cm³/mol. The van der Waals surface area contributed by atoms with E-state index >= 15 is 0 Å². The lowest BCUT2D eigenvalue weighted by Gasteiger charge is -2.41. The van der Waals surface area contributed by atoms with Crippen LogP contribution in [-0.4, -0.2) is 62.5 Å². The van der Waals surface area contributed by atoms with E-state index in [4.69, 9.17) is 9.47 Å². The van der Waals surface area contributed by atoms with Gasteiger partial charge in [0.15, 0.2) is 0 Å². The van der Waals surface area contributed by atoms with Crippen LogP contribution in [0.3, 0.4) is 0 Å². The van der Waals surface area contributed by atoms with Gasteiger partial charge in [0.2, 0.25) is 0 Å². The monoisotopic (exact) mass is 285 g/mol. The van der Waals surface area contributed by atoms with Gasteiger partial charge in [-0.1, -0.05) is 0 Å². The summed E-state index contributed by atoms with van der Waals surface area (Å²) in [6.07, 6.45) is 4.57. The zero-order valence-corrected chi connectivity index (χ0v) is 12.5. The standard InChI is InChI=1S/C15H27NO4/c1-19-10-6-15(14(17)18)5-2-7-16(12-15)11-13-3-8-20-9-4-13/h13H,2-12H2,1H3,(H,17,18)/t15-/m0/s1. The number of likely N-dealkylation sites (tertiary alicyclic amines) is 1. The molecule has 2 rings (SSSR count). The van der Waals surface area contributed by atoms with E-state index in [9.17, 15) is 9.90 Å². The van der Waals surface area contributed by atoms with E-state index in [1.165, 1.54) is 0 Å². The number of nitrogens with zero attached hydrogens (tertiary/aromatic N) is 1. The van der Waals surface area contributed by atoms with E-state index in [0.717, 1.165) is 52.0 Å². The van der Waals surface area contributed by atoms with Crippen molar-refractivity contribution in [1.29, 1.82) is 0 Å². The first-order chi connectivity index (χ1) is 9.66. The van der Waals surface area contributed by atoms with Crippen molar-refractivity contribution in [2.24, 2.45) is 11.3 Å². The third-order valence-corrected chi connectivity index (χ3v) is 4.75. The lowest BCUT2D eigenvalue weighted by atomic mass is 9.77. The highest BCUT2D eigenvalue weighted by atomic mass is 16.5. The summed E-state index contributed by atoms with van der Waals surface area (Å²) in [4.78, 5) is 14.1. The highest BCUT2D eigenvalue weighted by Gasteiger charge is 2.42. The molecule has 0 spiro atoms. The van der Waals surface area contributed by atoms with Gasteiger partial charge in [0, 0.05) is 40.0 Å². The number of hydrogen-bond acceptors (Lipinski definition) is 4. The second kappa shape index (κ2) is 7.38. The van der Waals surface area contributed by atoms with E-state index in [2.05, 4.69) is 4.90 Å². The first-order valence-electron chi connectivity index (χ1n) is 7.69. The third-order valence-electron chi connectivity index (χ3n) is 4.75. The van der Waals surface area contributed by atoms with Gasteiger partial charge < -0.3 is 19.5 Å². The molecule has 0 aromatic heterocycles. The van der Waals surface area contributed by atoms with Gasteiger partial charge in [0.05, 0.1) is 5.41 Å². The summed E-state index contributed by atoms with van der Waals surface area (Å²) in [7, 11) is 1.64. The van der Waals surface area contributed by atoms with Crippen LogP contribution in [0.15, 0.2) is 0 Å². The molecule has 0 saturated carbocycles. The van der Waals surface area contributed by atoms with Crippen LogP contribution in [0, 0.1) is 11.3 Å². The van der Waals surface area contributed by atoms with Crippen molar-refractivity contribution in [2.45, 2.75) is 32.1 Å². The third kappa shape index (κ3) is 3.93. The minimum atomic E-state index is -0.661. The Bertz CT molecular complexity index is 317. The fraction of sp³-hybridized carbons (Fsp3) is 0.933. The summed E-state index contributed by atoms with van der Waals surface area (Å²) in [5.74, 6) is 0.00185. The van der Waals surface area contributed by atoms with Crippen LogP contribution < -0.4 is 0 Å². The number of carboxylic acid groups (broad SMARTS) is 1. The molecule has 2 aliphatic rings. The molecule has 20 heavy (non-hydrogen) atoms. The maximum Gasteiger partial charge on any atom is 0.311 e. The summed E-state index contributed by atoms with van der Waals surface area (Å²) in [5, 5.41) is 9.64. The number of aliphatic carboxylic acids is 1. The largest absolute Gasteiger partial charge is 0.481 e. The summed E-state index contributed by atoms with van der Waals surface area (Å²) in [6.45, 7) is 4.95. The smallest absolute Gasteiger partial charge is 0.311 e. The van der Waals surface area contributed by atoms with E-state index in [0.29, 0.717) is 25.5 Å². The number of hydrogen-bond donors (Lipinski definition) is 1. The molecule has 1 N–H and O–H groups in total. The van der Waals surface area contributed by atoms with Crippen LogP contribution >= 0.6 is 0 Å². The molecule has 2 heterocycles. The molecule has 0 unspecified atom stereocenters. The minimum Gasteiger partial charge on any atom is -0.481 e. The predicted octanol–water partition coefficient (Wildman–Crippen LogP) is 1.62. The molecular formula is C15H27NO4. The zero-order chi connectivity index (χ0) is 14.4. The summed E-state index contributed by atoms with van der Waals surface area (Å²) in [5.41, 5.74) is -0.612. The molecule has 0 bridgehead atoms. The number of methoxy groups -OCH3 is 1. The normalized spacial score (nSPS) is 29.4. The quantitative estimate of drug-likeness (QED) is 0.803. The number of ether oxygens (including phenoxy) is 2.